The summed E-state index contributed by atoms with van der Waals surface area (Å²) in [5.41, 5.74) is 0.973. The van der Waals surface area contributed by atoms with Crippen LogP contribution in [-0.4, -0.2) is 39.2 Å². The van der Waals surface area contributed by atoms with Crippen molar-refractivity contribution < 1.29 is 4.52 Å². The monoisotopic (exact) mass is 274 g/mol. The number of nitrogens with one attached hydrogen (secondary N) is 1. The van der Waals surface area contributed by atoms with Crippen LogP contribution in [0.5, 0.6) is 0 Å². The fourth-order valence-corrected chi connectivity index (χ4v) is 2.37. The van der Waals surface area contributed by atoms with E-state index in [0.29, 0.717) is 17.9 Å². The summed E-state index contributed by atoms with van der Waals surface area (Å²) in [5.74, 6) is 1.57. The first-order valence-corrected chi connectivity index (χ1v) is 6.81. The maximum absolute atomic E-state index is 5.20. The molecule has 0 spiro atoms. The predicted molar refractivity (Wildman–Crippen MR) is 74.7 cm³/mol. The minimum atomic E-state index is 0.421. The van der Waals surface area contributed by atoms with Crippen LogP contribution >= 0.6 is 0 Å². The first-order valence-electron chi connectivity index (χ1n) is 6.81. The molecule has 1 aliphatic rings. The van der Waals surface area contributed by atoms with Crippen LogP contribution in [0.4, 0.5) is 11.8 Å². The molecule has 2 aromatic heterocycles. The quantitative estimate of drug-likeness (QED) is 0.909. The summed E-state index contributed by atoms with van der Waals surface area (Å²) in [5, 5.41) is 7.28. The zero-order valence-electron chi connectivity index (χ0n) is 11.7. The van der Waals surface area contributed by atoms with Crippen LogP contribution in [0.15, 0.2) is 16.9 Å². The SMILES string of the molecule is Cc1cc(NC2CCN(c3nc(C)no3)CC2)ncn1. The lowest BCUT2D eigenvalue weighted by Crippen LogP contribution is -2.39. The number of nitrogens with zero attached hydrogens (tertiary/aromatic N) is 5. The number of aromatic nitrogens is 4. The highest BCUT2D eigenvalue weighted by Gasteiger charge is 2.22. The summed E-state index contributed by atoms with van der Waals surface area (Å²) in [6, 6.07) is 3.01. The third-order valence-electron chi connectivity index (χ3n) is 3.44. The molecule has 2 aromatic rings. The van der Waals surface area contributed by atoms with E-state index < -0.39 is 0 Å². The normalized spacial score (nSPS) is 16.4. The summed E-state index contributed by atoms with van der Waals surface area (Å²) in [6.45, 7) is 5.61. The van der Waals surface area contributed by atoms with E-state index >= 15 is 0 Å². The molecule has 0 amide bonds. The molecule has 0 radical (unpaired) electrons. The van der Waals surface area contributed by atoms with E-state index in [1.807, 2.05) is 19.9 Å². The van der Waals surface area contributed by atoms with Crippen molar-refractivity contribution in [2.45, 2.75) is 32.7 Å². The molecular weight excluding hydrogens is 256 g/mol. The van der Waals surface area contributed by atoms with Gasteiger partial charge in [-0.15, -0.1) is 0 Å². The third kappa shape index (κ3) is 2.87. The van der Waals surface area contributed by atoms with Gasteiger partial charge >= 0.3 is 6.01 Å². The average molecular weight is 274 g/mol. The highest BCUT2D eigenvalue weighted by Crippen LogP contribution is 2.20. The Morgan fingerprint density at radius 2 is 2.05 bits per heavy atom. The lowest BCUT2D eigenvalue weighted by molar-refractivity contribution is 0.394. The molecule has 0 bridgehead atoms. The number of rotatable bonds is 3. The topological polar surface area (TPSA) is 80.0 Å². The van der Waals surface area contributed by atoms with Gasteiger partial charge in [0.1, 0.15) is 12.1 Å². The molecule has 7 heteroatoms. The van der Waals surface area contributed by atoms with Crippen molar-refractivity contribution in [2.75, 3.05) is 23.3 Å². The van der Waals surface area contributed by atoms with Gasteiger partial charge in [0.25, 0.3) is 0 Å². The Kier molecular flexibility index (Phi) is 3.49. The number of anilines is 2. The van der Waals surface area contributed by atoms with Gasteiger partial charge in [0, 0.05) is 30.9 Å². The van der Waals surface area contributed by atoms with Crippen molar-refractivity contribution in [2.24, 2.45) is 0 Å². The van der Waals surface area contributed by atoms with Crippen molar-refractivity contribution in [1.29, 1.82) is 0 Å². The van der Waals surface area contributed by atoms with E-state index in [1.165, 1.54) is 0 Å². The number of piperidine rings is 1. The molecule has 3 heterocycles. The standard InChI is InChI=1S/C13H18N6O/c1-9-7-12(15-8-14-9)17-11-3-5-19(6-4-11)13-16-10(2)18-20-13/h7-8,11H,3-6H2,1-2H3,(H,14,15,17). The van der Waals surface area contributed by atoms with Gasteiger partial charge in [-0.05, 0) is 26.7 Å². The largest absolute Gasteiger partial charge is 0.367 e. The molecular formula is C13H18N6O. The molecule has 1 saturated heterocycles. The van der Waals surface area contributed by atoms with Crippen molar-refractivity contribution in [1.82, 2.24) is 20.1 Å². The number of hydrogen-bond donors (Lipinski definition) is 1. The fourth-order valence-electron chi connectivity index (χ4n) is 2.37. The van der Waals surface area contributed by atoms with Crippen LogP contribution in [-0.2, 0) is 0 Å². The Balaban J connectivity index is 1.56. The molecule has 1 aliphatic heterocycles. The predicted octanol–water partition coefficient (Wildman–Crippen LogP) is 1.56. The summed E-state index contributed by atoms with van der Waals surface area (Å²) in [4.78, 5) is 14.7. The van der Waals surface area contributed by atoms with E-state index in [1.54, 1.807) is 6.33 Å². The highest BCUT2D eigenvalue weighted by atomic mass is 16.5. The van der Waals surface area contributed by atoms with Crippen LogP contribution in [0, 0.1) is 13.8 Å². The van der Waals surface area contributed by atoms with Crippen molar-refractivity contribution in [3.05, 3.63) is 23.9 Å². The molecule has 0 saturated carbocycles. The van der Waals surface area contributed by atoms with Crippen molar-refractivity contribution in [3.63, 3.8) is 0 Å². The summed E-state index contributed by atoms with van der Waals surface area (Å²) < 4.78 is 5.20. The van der Waals surface area contributed by atoms with Crippen LogP contribution in [0.3, 0.4) is 0 Å². The van der Waals surface area contributed by atoms with Crippen LogP contribution < -0.4 is 10.2 Å². The van der Waals surface area contributed by atoms with E-state index in [9.17, 15) is 0 Å². The number of aryl methyl sites for hydroxylation is 2. The van der Waals surface area contributed by atoms with Gasteiger partial charge < -0.3 is 14.7 Å². The average Bonchev–Trinajstić information content (AvgIpc) is 2.86. The summed E-state index contributed by atoms with van der Waals surface area (Å²) in [7, 11) is 0. The molecule has 0 aliphatic carbocycles. The minimum Gasteiger partial charge on any atom is -0.367 e. The van der Waals surface area contributed by atoms with Crippen LogP contribution in [0.1, 0.15) is 24.4 Å². The van der Waals surface area contributed by atoms with Crippen LogP contribution in [0.25, 0.3) is 0 Å². The minimum absolute atomic E-state index is 0.421. The summed E-state index contributed by atoms with van der Waals surface area (Å²) in [6.07, 6.45) is 3.63. The molecule has 7 nitrogen and oxygen atoms in total. The molecule has 0 unspecified atom stereocenters. The molecule has 20 heavy (non-hydrogen) atoms. The van der Waals surface area contributed by atoms with Gasteiger partial charge in [-0.1, -0.05) is 5.16 Å². The van der Waals surface area contributed by atoms with Crippen molar-refractivity contribution >= 4 is 11.8 Å². The van der Waals surface area contributed by atoms with E-state index in [0.717, 1.165) is 37.4 Å². The number of hydrogen-bond acceptors (Lipinski definition) is 7. The first-order chi connectivity index (χ1) is 9.70. The second-order valence-corrected chi connectivity index (χ2v) is 5.07. The Morgan fingerprint density at radius 1 is 1.25 bits per heavy atom. The third-order valence-corrected chi connectivity index (χ3v) is 3.44. The van der Waals surface area contributed by atoms with E-state index in [-0.39, 0.29) is 0 Å². The Labute approximate surface area is 117 Å². The van der Waals surface area contributed by atoms with Gasteiger partial charge in [0.05, 0.1) is 0 Å². The second kappa shape index (κ2) is 5.44. The Bertz CT molecular complexity index is 576. The van der Waals surface area contributed by atoms with Gasteiger partial charge in [0.15, 0.2) is 5.82 Å². The second-order valence-electron chi connectivity index (χ2n) is 5.07. The molecule has 106 valence electrons. The molecule has 1 fully saturated rings. The van der Waals surface area contributed by atoms with Gasteiger partial charge in [-0.25, -0.2) is 9.97 Å². The summed E-state index contributed by atoms with van der Waals surface area (Å²) >= 11 is 0. The lowest BCUT2D eigenvalue weighted by atomic mass is 10.1. The lowest BCUT2D eigenvalue weighted by Gasteiger charge is -2.31. The zero-order chi connectivity index (χ0) is 13.9. The maximum Gasteiger partial charge on any atom is 0.324 e. The van der Waals surface area contributed by atoms with Crippen molar-refractivity contribution in [3.8, 4) is 0 Å². The first kappa shape index (κ1) is 12.8. The van der Waals surface area contributed by atoms with Crippen LogP contribution in [0.2, 0.25) is 0 Å². The van der Waals surface area contributed by atoms with Gasteiger partial charge in [-0.2, -0.15) is 4.98 Å². The highest BCUT2D eigenvalue weighted by molar-refractivity contribution is 5.36. The maximum atomic E-state index is 5.20. The zero-order valence-corrected chi connectivity index (χ0v) is 11.7. The Hall–Kier alpha value is -2.18. The van der Waals surface area contributed by atoms with E-state index in [4.69, 9.17) is 4.52 Å². The smallest absolute Gasteiger partial charge is 0.324 e. The molecule has 0 aromatic carbocycles. The Morgan fingerprint density at radius 3 is 2.70 bits per heavy atom. The molecule has 3 rings (SSSR count). The van der Waals surface area contributed by atoms with Gasteiger partial charge in [0.2, 0.25) is 0 Å². The van der Waals surface area contributed by atoms with E-state index in [2.05, 4.69) is 30.3 Å². The molecule has 0 atom stereocenters. The molecule has 1 N–H and O–H groups in total. The fraction of sp³-hybridized carbons (Fsp3) is 0.538. The van der Waals surface area contributed by atoms with Gasteiger partial charge in [-0.3, -0.25) is 0 Å².